The normalized spacial score (nSPS) is 11.6. The van der Waals surface area contributed by atoms with E-state index in [4.69, 9.17) is 0 Å². The summed E-state index contributed by atoms with van der Waals surface area (Å²) in [4.78, 5) is 25.9. The first-order chi connectivity index (χ1) is 11.1. The Balaban J connectivity index is 2.61. The molecule has 2 amide bonds. The Labute approximate surface area is 142 Å². The lowest BCUT2D eigenvalue weighted by atomic mass is 10.3. The second kappa shape index (κ2) is 10.9. The number of quaternary nitrogens is 1. The molecular weight excluding hydrogens is 310 g/mol. The van der Waals surface area contributed by atoms with Crippen LogP contribution in [0.15, 0.2) is 41.8 Å². The van der Waals surface area contributed by atoms with E-state index in [0.717, 1.165) is 27.8 Å². The minimum Gasteiger partial charge on any atom is -0.351 e. The van der Waals surface area contributed by atoms with Gasteiger partial charge in [0.05, 0.1) is 12.2 Å². The number of hydrogen-bond donors (Lipinski definition) is 3. The number of thioether (sulfide) groups is 1. The van der Waals surface area contributed by atoms with Gasteiger partial charge in [0.1, 0.15) is 0 Å². The van der Waals surface area contributed by atoms with E-state index < -0.39 is 0 Å². The summed E-state index contributed by atoms with van der Waals surface area (Å²) in [5.74, 6) is 0.674. The number of benzene rings is 1. The fraction of sp³-hybridized carbons (Fsp3) is 0.412. The fourth-order valence-corrected chi connectivity index (χ4v) is 2.81. The van der Waals surface area contributed by atoms with Crippen molar-refractivity contribution in [3.63, 3.8) is 0 Å². The van der Waals surface area contributed by atoms with E-state index in [1.54, 1.807) is 11.8 Å². The first-order valence-corrected chi connectivity index (χ1v) is 8.82. The molecule has 1 rings (SSSR count). The number of nitrogens with one attached hydrogen (secondary N) is 3. The SMILES string of the molecule is C=CCSc1ccccc1NC(=O)C[NH+](CC)CC(=O)NCC. The highest BCUT2D eigenvalue weighted by atomic mass is 32.2. The highest BCUT2D eigenvalue weighted by molar-refractivity contribution is 7.99. The average Bonchev–Trinajstić information content (AvgIpc) is 2.53. The second-order valence-electron chi connectivity index (χ2n) is 5.05. The van der Waals surface area contributed by atoms with E-state index >= 15 is 0 Å². The Morgan fingerprint density at radius 1 is 1.22 bits per heavy atom. The van der Waals surface area contributed by atoms with Crippen molar-refractivity contribution in [1.29, 1.82) is 0 Å². The fourth-order valence-electron chi connectivity index (χ4n) is 2.07. The molecule has 0 aliphatic rings. The number of hydrogen-bond acceptors (Lipinski definition) is 3. The quantitative estimate of drug-likeness (QED) is 0.440. The van der Waals surface area contributed by atoms with Gasteiger partial charge < -0.3 is 15.5 Å². The van der Waals surface area contributed by atoms with Crippen molar-refractivity contribution < 1.29 is 14.5 Å². The summed E-state index contributed by atoms with van der Waals surface area (Å²) < 4.78 is 0. The molecule has 126 valence electrons. The predicted molar refractivity (Wildman–Crippen MR) is 95.9 cm³/mol. The Kier molecular flexibility index (Phi) is 9.09. The summed E-state index contributed by atoms with van der Waals surface area (Å²) in [5.41, 5.74) is 0.804. The maximum absolute atomic E-state index is 12.3. The maximum Gasteiger partial charge on any atom is 0.279 e. The molecule has 0 aromatic heterocycles. The summed E-state index contributed by atoms with van der Waals surface area (Å²) in [5, 5.41) is 5.70. The van der Waals surface area contributed by atoms with Gasteiger partial charge in [0, 0.05) is 17.2 Å². The summed E-state index contributed by atoms with van der Waals surface area (Å²) in [6.45, 7) is 9.47. The van der Waals surface area contributed by atoms with E-state index in [2.05, 4.69) is 17.2 Å². The zero-order valence-electron chi connectivity index (χ0n) is 13.9. The zero-order valence-corrected chi connectivity index (χ0v) is 14.7. The highest BCUT2D eigenvalue weighted by Gasteiger charge is 2.17. The van der Waals surface area contributed by atoms with Crippen LogP contribution in [-0.4, -0.2) is 43.7 Å². The third kappa shape index (κ3) is 7.34. The van der Waals surface area contributed by atoms with Crippen molar-refractivity contribution >= 4 is 29.3 Å². The van der Waals surface area contributed by atoms with E-state index in [0.29, 0.717) is 13.1 Å². The van der Waals surface area contributed by atoms with E-state index in [1.165, 1.54) is 0 Å². The number of anilines is 1. The van der Waals surface area contributed by atoms with Crippen LogP contribution in [0, 0.1) is 0 Å². The summed E-state index contributed by atoms with van der Waals surface area (Å²) in [6.07, 6.45) is 1.83. The largest absolute Gasteiger partial charge is 0.351 e. The monoisotopic (exact) mass is 336 g/mol. The Bertz CT molecular complexity index is 534. The second-order valence-corrected chi connectivity index (χ2v) is 6.12. The van der Waals surface area contributed by atoms with Gasteiger partial charge in [-0.25, -0.2) is 0 Å². The number of likely N-dealkylation sites (N-methyl/N-ethyl adjacent to an activating group) is 2. The minimum atomic E-state index is -0.0854. The summed E-state index contributed by atoms with van der Waals surface area (Å²) in [6, 6.07) is 7.70. The molecule has 6 heteroatoms. The molecule has 0 aliphatic carbocycles. The number of rotatable bonds is 10. The van der Waals surface area contributed by atoms with Gasteiger partial charge in [-0.05, 0) is 26.0 Å². The molecule has 1 aromatic rings. The van der Waals surface area contributed by atoms with E-state index in [-0.39, 0.29) is 18.4 Å². The standard InChI is InChI=1S/C17H25N3O2S/c1-4-11-23-15-10-8-7-9-14(15)19-17(22)13-20(6-3)12-16(21)18-5-2/h4,7-10H,1,5-6,11-13H2,2-3H3,(H,18,21)(H,19,22)/p+1. The molecular formula is C17H26N3O2S+. The molecule has 0 saturated heterocycles. The van der Waals surface area contributed by atoms with Gasteiger partial charge in [-0.3, -0.25) is 9.59 Å². The summed E-state index contributed by atoms with van der Waals surface area (Å²) >= 11 is 1.63. The lowest BCUT2D eigenvalue weighted by molar-refractivity contribution is -0.881. The van der Waals surface area contributed by atoms with Gasteiger partial charge >= 0.3 is 0 Å². The lowest BCUT2D eigenvalue weighted by Crippen LogP contribution is -3.14. The molecule has 23 heavy (non-hydrogen) atoms. The van der Waals surface area contributed by atoms with Crippen molar-refractivity contribution in [1.82, 2.24) is 5.32 Å². The molecule has 1 unspecified atom stereocenters. The molecule has 3 N–H and O–H groups in total. The van der Waals surface area contributed by atoms with Crippen LogP contribution in [-0.2, 0) is 9.59 Å². The zero-order chi connectivity index (χ0) is 17.1. The molecule has 0 radical (unpaired) electrons. The van der Waals surface area contributed by atoms with Gasteiger partial charge in [-0.1, -0.05) is 18.2 Å². The molecule has 0 aliphatic heterocycles. The van der Waals surface area contributed by atoms with Gasteiger partial charge in [-0.2, -0.15) is 0 Å². The average molecular weight is 336 g/mol. The number of carbonyl (C=O) groups excluding carboxylic acids is 2. The number of amides is 2. The Hall–Kier alpha value is -1.79. The Morgan fingerprint density at radius 3 is 2.57 bits per heavy atom. The number of carbonyl (C=O) groups is 2. The van der Waals surface area contributed by atoms with Crippen LogP contribution in [0.5, 0.6) is 0 Å². The lowest BCUT2D eigenvalue weighted by Gasteiger charge is -2.17. The first-order valence-electron chi connectivity index (χ1n) is 7.83. The Morgan fingerprint density at radius 2 is 1.91 bits per heavy atom. The van der Waals surface area contributed by atoms with Crippen molar-refractivity contribution in [2.24, 2.45) is 0 Å². The molecule has 1 atom stereocenters. The molecule has 0 saturated carbocycles. The van der Waals surface area contributed by atoms with Gasteiger partial charge in [0.2, 0.25) is 0 Å². The third-order valence-electron chi connectivity index (χ3n) is 3.21. The smallest absolute Gasteiger partial charge is 0.279 e. The van der Waals surface area contributed by atoms with Crippen molar-refractivity contribution in [3.05, 3.63) is 36.9 Å². The highest BCUT2D eigenvalue weighted by Crippen LogP contribution is 2.26. The molecule has 0 heterocycles. The number of para-hydroxylation sites is 1. The van der Waals surface area contributed by atoms with Crippen LogP contribution in [0.1, 0.15) is 13.8 Å². The topological polar surface area (TPSA) is 62.6 Å². The van der Waals surface area contributed by atoms with E-state index in [1.807, 2.05) is 44.2 Å². The van der Waals surface area contributed by atoms with Crippen LogP contribution in [0.25, 0.3) is 0 Å². The van der Waals surface area contributed by atoms with Gasteiger partial charge in [0.15, 0.2) is 13.1 Å². The van der Waals surface area contributed by atoms with Crippen LogP contribution in [0.3, 0.4) is 0 Å². The van der Waals surface area contributed by atoms with Gasteiger partial charge in [0.25, 0.3) is 11.8 Å². The van der Waals surface area contributed by atoms with Crippen LogP contribution in [0.2, 0.25) is 0 Å². The molecule has 1 aromatic carbocycles. The van der Waals surface area contributed by atoms with Crippen molar-refractivity contribution in [2.45, 2.75) is 18.7 Å². The van der Waals surface area contributed by atoms with E-state index in [9.17, 15) is 9.59 Å². The molecule has 5 nitrogen and oxygen atoms in total. The predicted octanol–water partition coefficient (Wildman–Crippen LogP) is 0.944. The maximum atomic E-state index is 12.3. The van der Waals surface area contributed by atoms with Crippen molar-refractivity contribution in [2.75, 3.05) is 37.2 Å². The van der Waals surface area contributed by atoms with Crippen LogP contribution in [0.4, 0.5) is 5.69 Å². The first kappa shape index (κ1) is 19.3. The molecule has 0 spiro atoms. The summed E-state index contributed by atoms with van der Waals surface area (Å²) in [7, 11) is 0. The van der Waals surface area contributed by atoms with Crippen LogP contribution < -0.4 is 15.5 Å². The minimum absolute atomic E-state index is 0.0286. The van der Waals surface area contributed by atoms with Crippen molar-refractivity contribution in [3.8, 4) is 0 Å². The molecule has 0 fully saturated rings. The third-order valence-corrected chi connectivity index (χ3v) is 4.28. The van der Waals surface area contributed by atoms with Crippen LogP contribution >= 0.6 is 11.8 Å². The molecule has 0 bridgehead atoms. The van der Waals surface area contributed by atoms with Gasteiger partial charge in [-0.15, -0.1) is 18.3 Å².